The van der Waals surface area contributed by atoms with Crippen LogP contribution in [0.4, 0.5) is 5.69 Å². The monoisotopic (exact) mass is 473 g/mol. The van der Waals surface area contributed by atoms with Gasteiger partial charge in [0.1, 0.15) is 17.2 Å². The maximum atomic E-state index is 6.00. The molecule has 2 atom stereocenters. The summed E-state index contributed by atoms with van der Waals surface area (Å²) in [5.41, 5.74) is 3.23. The molecule has 5 rings (SSSR count). The molecule has 2 unspecified atom stereocenters. The Hall–Kier alpha value is -3.42. The summed E-state index contributed by atoms with van der Waals surface area (Å²) >= 11 is 7.55. The van der Waals surface area contributed by atoms with E-state index in [1.165, 1.54) is 10.4 Å². The lowest BCUT2D eigenvalue weighted by Gasteiger charge is -2.27. The van der Waals surface area contributed by atoms with Crippen LogP contribution in [-0.4, -0.2) is 17.2 Å². The van der Waals surface area contributed by atoms with E-state index in [9.17, 15) is 0 Å². The maximum absolute atomic E-state index is 6.00. The predicted octanol–water partition coefficient (Wildman–Crippen LogP) is 6.43. The number of thiophene rings is 1. The van der Waals surface area contributed by atoms with Gasteiger partial charge in [-0.3, -0.25) is 4.98 Å². The first-order chi connectivity index (χ1) is 16.1. The van der Waals surface area contributed by atoms with Gasteiger partial charge in [0.15, 0.2) is 5.11 Å². The Labute approximate surface area is 202 Å². The summed E-state index contributed by atoms with van der Waals surface area (Å²) in [6.07, 6.45) is 1.83. The lowest BCUT2D eigenvalue weighted by molar-refractivity contribution is 0.413. The van der Waals surface area contributed by atoms with E-state index >= 15 is 0 Å². The number of nitrogens with zero attached hydrogens (tertiary/aromatic N) is 2. The highest BCUT2D eigenvalue weighted by Gasteiger charge is 2.41. The van der Waals surface area contributed by atoms with Crippen LogP contribution in [0.1, 0.15) is 28.2 Å². The van der Waals surface area contributed by atoms with Crippen molar-refractivity contribution in [2.24, 2.45) is 0 Å². The molecule has 0 saturated carbocycles. The number of ether oxygens (including phenoxy) is 2. The first-order valence-electron chi connectivity index (χ1n) is 10.6. The van der Waals surface area contributed by atoms with Crippen molar-refractivity contribution in [2.45, 2.75) is 19.0 Å². The first-order valence-corrected chi connectivity index (χ1v) is 11.9. The largest absolute Gasteiger partial charge is 0.497 e. The van der Waals surface area contributed by atoms with Crippen molar-refractivity contribution in [3.05, 3.63) is 101 Å². The SMILES string of the molecule is COc1ccc(Oc2ccc(N3C(=S)NC(c4ccccn4)C3c3sccc3C)cc2)cc1. The molecule has 2 aromatic heterocycles. The smallest absolute Gasteiger partial charge is 0.174 e. The van der Waals surface area contributed by atoms with E-state index in [4.69, 9.17) is 21.7 Å². The third kappa shape index (κ3) is 4.29. The van der Waals surface area contributed by atoms with Crippen LogP contribution in [0, 0.1) is 6.92 Å². The minimum absolute atomic E-state index is 0.0146. The van der Waals surface area contributed by atoms with E-state index in [0.29, 0.717) is 5.11 Å². The number of methoxy groups -OCH3 is 1. The highest BCUT2D eigenvalue weighted by Crippen LogP contribution is 2.44. The Morgan fingerprint density at radius 1 is 0.939 bits per heavy atom. The molecule has 1 aliphatic rings. The topological polar surface area (TPSA) is 46.6 Å². The molecular weight excluding hydrogens is 450 g/mol. The van der Waals surface area contributed by atoms with E-state index in [1.54, 1.807) is 18.4 Å². The van der Waals surface area contributed by atoms with Crippen LogP contribution in [0.25, 0.3) is 0 Å². The van der Waals surface area contributed by atoms with Gasteiger partial charge in [-0.1, -0.05) is 6.07 Å². The van der Waals surface area contributed by atoms with E-state index in [-0.39, 0.29) is 12.1 Å². The van der Waals surface area contributed by atoms with E-state index in [0.717, 1.165) is 28.6 Å². The molecule has 1 fully saturated rings. The average molecular weight is 474 g/mol. The number of aryl methyl sites for hydroxylation is 1. The molecule has 0 spiro atoms. The summed E-state index contributed by atoms with van der Waals surface area (Å²) in [7, 11) is 1.65. The number of rotatable bonds is 6. The third-order valence-electron chi connectivity index (χ3n) is 5.68. The molecule has 1 aliphatic heterocycles. The minimum Gasteiger partial charge on any atom is -0.497 e. The van der Waals surface area contributed by atoms with Crippen LogP contribution in [0.2, 0.25) is 0 Å². The second kappa shape index (κ2) is 9.21. The van der Waals surface area contributed by atoms with Crippen molar-refractivity contribution in [3.63, 3.8) is 0 Å². The lowest BCUT2D eigenvalue weighted by atomic mass is 10.0. The molecule has 1 saturated heterocycles. The van der Waals surface area contributed by atoms with Gasteiger partial charge in [-0.15, -0.1) is 11.3 Å². The quantitative estimate of drug-likeness (QED) is 0.326. The molecule has 166 valence electrons. The van der Waals surface area contributed by atoms with Crippen molar-refractivity contribution in [1.29, 1.82) is 0 Å². The van der Waals surface area contributed by atoms with Gasteiger partial charge in [0, 0.05) is 16.8 Å². The van der Waals surface area contributed by atoms with Gasteiger partial charge in [0.05, 0.1) is 24.9 Å². The van der Waals surface area contributed by atoms with E-state index in [2.05, 4.69) is 33.6 Å². The Balaban J connectivity index is 1.45. The van der Waals surface area contributed by atoms with Gasteiger partial charge in [-0.25, -0.2) is 0 Å². The van der Waals surface area contributed by atoms with E-state index < -0.39 is 0 Å². The number of pyridine rings is 1. The Kier molecular flexibility index (Phi) is 5.98. The molecule has 0 amide bonds. The molecule has 4 aromatic rings. The molecule has 33 heavy (non-hydrogen) atoms. The summed E-state index contributed by atoms with van der Waals surface area (Å²) in [6, 6.07) is 23.7. The summed E-state index contributed by atoms with van der Waals surface area (Å²) in [5, 5.41) is 6.33. The number of thiocarbonyl (C=S) groups is 1. The van der Waals surface area contributed by atoms with Gasteiger partial charge in [0.25, 0.3) is 0 Å². The Morgan fingerprint density at radius 2 is 1.64 bits per heavy atom. The fourth-order valence-corrected chi connectivity index (χ4v) is 5.44. The zero-order chi connectivity index (χ0) is 22.8. The second-order valence-electron chi connectivity index (χ2n) is 7.74. The molecular formula is C26H23N3O2S2. The van der Waals surface area contributed by atoms with Crippen molar-refractivity contribution >= 4 is 34.4 Å². The predicted molar refractivity (Wildman–Crippen MR) is 136 cm³/mol. The third-order valence-corrected chi connectivity index (χ3v) is 7.08. The van der Waals surface area contributed by atoms with Gasteiger partial charge in [-0.05, 0) is 96.8 Å². The molecule has 0 bridgehead atoms. The summed E-state index contributed by atoms with van der Waals surface area (Å²) in [6.45, 7) is 2.15. The number of aromatic nitrogens is 1. The van der Waals surface area contributed by atoms with Crippen LogP contribution in [0.5, 0.6) is 17.2 Å². The summed E-state index contributed by atoms with van der Waals surface area (Å²) < 4.78 is 11.2. The molecule has 0 aliphatic carbocycles. The summed E-state index contributed by atoms with van der Waals surface area (Å²) in [4.78, 5) is 8.07. The van der Waals surface area contributed by atoms with Crippen LogP contribution in [-0.2, 0) is 0 Å². The highest BCUT2D eigenvalue weighted by molar-refractivity contribution is 7.80. The molecule has 1 N–H and O–H groups in total. The zero-order valence-corrected chi connectivity index (χ0v) is 19.9. The maximum Gasteiger partial charge on any atom is 0.174 e. The highest BCUT2D eigenvalue weighted by atomic mass is 32.1. The molecule has 0 radical (unpaired) electrons. The van der Waals surface area contributed by atoms with Crippen molar-refractivity contribution in [1.82, 2.24) is 10.3 Å². The number of benzene rings is 2. The number of hydrogen-bond donors (Lipinski definition) is 1. The van der Waals surface area contributed by atoms with Crippen molar-refractivity contribution in [2.75, 3.05) is 12.0 Å². The second-order valence-corrected chi connectivity index (χ2v) is 9.07. The standard InChI is InChI=1S/C26H23N3O2S2/c1-17-14-16-33-25(17)24-23(22-5-3-4-15-27-22)28-26(32)29(24)18-6-8-20(9-7-18)31-21-12-10-19(30-2)11-13-21/h3-16,23-24H,1-2H3,(H,28,32). The molecule has 5 nitrogen and oxygen atoms in total. The van der Waals surface area contributed by atoms with E-state index in [1.807, 2.05) is 72.9 Å². The average Bonchev–Trinajstić information content (AvgIpc) is 3.43. The van der Waals surface area contributed by atoms with Crippen LogP contribution in [0.15, 0.2) is 84.4 Å². The molecule has 2 aromatic carbocycles. The number of nitrogens with one attached hydrogen (secondary N) is 1. The van der Waals surface area contributed by atoms with Gasteiger partial charge >= 0.3 is 0 Å². The normalized spacial score (nSPS) is 17.6. The Morgan fingerprint density at radius 3 is 2.24 bits per heavy atom. The van der Waals surface area contributed by atoms with Crippen molar-refractivity contribution < 1.29 is 9.47 Å². The fraction of sp³-hybridized carbons (Fsp3) is 0.154. The Bertz CT molecular complexity index is 1240. The fourth-order valence-electron chi connectivity index (χ4n) is 4.04. The first kappa shape index (κ1) is 21.4. The molecule has 3 heterocycles. The lowest BCUT2D eigenvalue weighted by Crippen LogP contribution is -2.29. The van der Waals surface area contributed by atoms with Crippen molar-refractivity contribution in [3.8, 4) is 17.2 Å². The van der Waals surface area contributed by atoms with Crippen LogP contribution >= 0.6 is 23.6 Å². The van der Waals surface area contributed by atoms with Gasteiger partial charge < -0.3 is 19.7 Å². The minimum atomic E-state index is -0.0359. The summed E-state index contributed by atoms with van der Waals surface area (Å²) in [5.74, 6) is 2.31. The number of anilines is 1. The van der Waals surface area contributed by atoms with Gasteiger partial charge in [-0.2, -0.15) is 0 Å². The van der Waals surface area contributed by atoms with Gasteiger partial charge in [0.2, 0.25) is 0 Å². The number of hydrogen-bond acceptors (Lipinski definition) is 5. The van der Waals surface area contributed by atoms with Crippen LogP contribution in [0.3, 0.4) is 0 Å². The zero-order valence-electron chi connectivity index (χ0n) is 18.3. The van der Waals surface area contributed by atoms with Crippen LogP contribution < -0.4 is 19.7 Å². The molecule has 7 heteroatoms.